The summed E-state index contributed by atoms with van der Waals surface area (Å²) in [4.78, 5) is 39.2. The molecule has 6 atom stereocenters. The number of nitrogens with two attached hydrogens (primary N) is 1. The molecule has 3 rings (SSSR count). The summed E-state index contributed by atoms with van der Waals surface area (Å²) < 4.78 is 23.1. The predicted molar refractivity (Wildman–Crippen MR) is 122 cm³/mol. The molecule has 1 aromatic heterocycles. The van der Waals surface area contributed by atoms with E-state index in [1.807, 2.05) is 6.07 Å². The number of methoxy groups -OCH3 is 1. The fraction of sp³-hybridized carbons (Fsp3) is 0.429. The Bertz CT molecular complexity index is 1070. The second-order valence-corrected chi connectivity index (χ2v) is 8.84. The zero-order chi connectivity index (χ0) is 25.5. The predicted octanol–water partition coefficient (Wildman–Crippen LogP) is -0.695. The first-order chi connectivity index (χ1) is 16.7. The number of nitrogens with zero attached hydrogens (tertiary/aromatic N) is 2. The van der Waals surface area contributed by atoms with Crippen molar-refractivity contribution in [1.82, 2.24) is 14.6 Å². The SMILES string of the molecule is COC(=O)[C@H](C)NP(OCC1OC(Cn2ccnc(C(N)=O)c2=O)[C@H](O)[C@@H]1O)Oc1ccccc1. The normalized spacial score (nSPS) is 23.4. The lowest BCUT2D eigenvalue weighted by Gasteiger charge is -2.23. The number of aliphatic hydroxyl groups excluding tert-OH is 2. The highest BCUT2D eigenvalue weighted by molar-refractivity contribution is 7.45. The maximum atomic E-state index is 12.4. The van der Waals surface area contributed by atoms with Gasteiger partial charge in [-0.25, -0.2) is 10.1 Å². The summed E-state index contributed by atoms with van der Waals surface area (Å²) in [6.07, 6.45) is -2.09. The molecule has 3 unspecified atom stereocenters. The van der Waals surface area contributed by atoms with E-state index in [9.17, 15) is 24.6 Å². The number of para-hydroxylation sites is 1. The van der Waals surface area contributed by atoms with Crippen LogP contribution in [0.3, 0.4) is 0 Å². The van der Waals surface area contributed by atoms with Gasteiger partial charge in [0.15, 0.2) is 5.69 Å². The summed E-state index contributed by atoms with van der Waals surface area (Å²) >= 11 is 0. The Morgan fingerprint density at radius 3 is 2.60 bits per heavy atom. The number of primary amides is 1. The Morgan fingerprint density at radius 1 is 1.26 bits per heavy atom. The van der Waals surface area contributed by atoms with Crippen LogP contribution in [0.25, 0.3) is 0 Å². The summed E-state index contributed by atoms with van der Waals surface area (Å²) in [5.41, 5.74) is 3.96. The summed E-state index contributed by atoms with van der Waals surface area (Å²) in [6.45, 7) is 1.21. The molecule has 35 heavy (non-hydrogen) atoms. The first-order valence-electron chi connectivity index (χ1n) is 10.6. The van der Waals surface area contributed by atoms with Gasteiger partial charge in [-0.1, -0.05) is 18.2 Å². The van der Waals surface area contributed by atoms with Crippen molar-refractivity contribution in [1.29, 1.82) is 0 Å². The highest BCUT2D eigenvalue weighted by Crippen LogP contribution is 2.37. The molecular weight excluding hydrogens is 483 g/mol. The molecule has 1 aliphatic rings. The van der Waals surface area contributed by atoms with Crippen LogP contribution in [-0.2, 0) is 25.3 Å². The minimum absolute atomic E-state index is 0.163. The van der Waals surface area contributed by atoms with Gasteiger partial charge in [-0.05, 0) is 19.1 Å². The molecule has 0 radical (unpaired) electrons. The summed E-state index contributed by atoms with van der Waals surface area (Å²) in [5.74, 6) is -1.02. The van der Waals surface area contributed by atoms with E-state index >= 15 is 0 Å². The van der Waals surface area contributed by atoms with Crippen molar-refractivity contribution in [3.63, 3.8) is 0 Å². The molecule has 0 saturated carbocycles. The lowest BCUT2D eigenvalue weighted by molar-refractivity contribution is -0.142. The topological polar surface area (TPSA) is 184 Å². The molecule has 1 fully saturated rings. The van der Waals surface area contributed by atoms with Gasteiger partial charge in [0.1, 0.15) is 36.2 Å². The number of hydrogen-bond donors (Lipinski definition) is 4. The fourth-order valence-electron chi connectivity index (χ4n) is 3.26. The number of nitrogens with one attached hydrogen (secondary N) is 1. The third-order valence-electron chi connectivity index (χ3n) is 5.13. The molecule has 0 bridgehead atoms. The van der Waals surface area contributed by atoms with Crippen LogP contribution in [0, 0.1) is 0 Å². The quantitative estimate of drug-likeness (QED) is 0.221. The number of carbonyl (C=O) groups is 2. The Balaban J connectivity index is 1.66. The van der Waals surface area contributed by atoms with E-state index in [-0.39, 0.29) is 13.2 Å². The average Bonchev–Trinajstić information content (AvgIpc) is 3.11. The maximum Gasteiger partial charge on any atom is 0.323 e. The molecule has 5 N–H and O–H groups in total. The summed E-state index contributed by atoms with van der Waals surface area (Å²) in [6, 6.07) is 8.00. The lowest BCUT2D eigenvalue weighted by Crippen LogP contribution is -2.38. The molecule has 1 aliphatic heterocycles. The largest absolute Gasteiger partial charge is 0.468 e. The van der Waals surface area contributed by atoms with Crippen LogP contribution >= 0.6 is 8.53 Å². The molecule has 0 spiro atoms. The van der Waals surface area contributed by atoms with E-state index in [2.05, 4.69) is 10.1 Å². The molecule has 1 amide bonds. The molecule has 1 saturated heterocycles. The van der Waals surface area contributed by atoms with E-state index in [1.54, 1.807) is 31.2 Å². The Morgan fingerprint density at radius 2 is 1.94 bits per heavy atom. The van der Waals surface area contributed by atoms with Crippen LogP contribution in [0.4, 0.5) is 0 Å². The number of hydrogen-bond acceptors (Lipinski definition) is 11. The molecule has 0 aliphatic carbocycles. The van der Waals surface area contributed by atoms with Crippen molar-refractivity contribution in [3.8, 4) is 5.75 Å². The van der Waals surface area contributed by atoms with Crippen molar-refractivity contribution >= 4 is 20.4 Å². The van der Waals surface area contributed by atoms with Gasteiger partial charge in [-0.15, -0.1) is 0 Å². The van der Waals surface area contributed by atoms with Crippen molar-refractivity contribution < 1.29 is 38.3 Å². The molecule has 14 heteroatoms. The average molecular weight is 510 g/mol. The van der Waals surface area contributed by atoms with Gasteiger partial charge >= 0.3 is 14.5 Å². The minimum Gasteiger partial charge on any atom is -0.468 e. The number of amides is 1. The monoisotopic (exact) mass is 510 g/mol. The second-order valence-electron chi connectivity index (χ2n) is 7.62. The number of aromatic nitrogens is 2. The molecule has 2 heterocycles. The van der Waals surface area contributed by atoms with Crippen LogP contribution in [-0.4, -0.2) is 75.8 Å². The van der Waals surface area contributed by atoms with E-state index in [1.165, 1.54) is 19.5 Å². The van der Waals surface area contributed by atoms with E-state index in [4.69, 9.17) is 24.3 Å². The van der Waals surface area contributed by atoms with Crippen LogP contribution in [0.15, 0.2) is 47.5 Å². The summed E-state index contributed by atoms with van der Waals surface area (Å²) in [5, 5.41) is 23.8. The van der Waals surface area contributed by atoms with Gasteiger partial charge in [0.05, 0.1) is 20.3 Å². The standard InChI is InChI=1S/C21H27N4O9P/c1-12(21(30)31-2)24-35(34-13-6-4-3-5-7-13)32-11-15-18(27)17(26)14(33-15)10-25-9-8-23-16(19(22)28)20(25)29/h3-9,12,14-15,17-18,24,26-27H,10-11H2,1-2H3,(H2,22,28)/t12-,14?,15?,17-,18+,35?/m0/s1. The smallest absolute Gasteiger partial charge is 0.323 e. The van der Waals surface area contributed by atoms with E-state index < -0.39 is 62.1 Å². The van der Waals surface area contributed by atoms with Crippen molar-refractivity contribution in [2.24, 2.45) is 5.73 Å². The van der Waals surface area contributed by atoms with Crippen molar-refractivity contribution in [2.75, 3.05) is 13.7 Å². The third-order valence-corrected chi connectivity index (χ3v) is 6.48. The highest BCUT2D eigenvalue weighted by atomic mass is 31.2. The van der Waals surface area contributed by atoms with E-state index in [0.717, 1.165) is 4.57 Å². The Labute approximate surface area is 201 Å². The number of carbonyl (C=O) groups excluding carboxylic acids is 2. The Hall–Kier alpha value is -2.93. The molecule has 190 valence electrons. The number of benzene rings is 1. The second kappa shape index (κ2) is 12.2. The third kappa shape index (κ3) is 6.82. The molecule has 2 aromatic rings. The van der Waals surface area contributed by atoms with Crippen LogP contribution < -0.4 is 20.9 Å². The molecule has 13 nitrogen and oxygen atoms in total. The van der Waals surface area contributed by atoms with Crippen molar-refractivity contribution in [2.45, 2.75) is 43.9 Å². The zero-order valence-corrected chi connectivity index (χ0v) is 19.9. The van der Waals surface area contributed by atoms with Gasteiger partial charge in [-0.2, -0.15) is 0 Å². The molecular formula is C21H27N4O9P. The lowest BCUT2D eigenvalue weighted by atomic mass is 10.1. The van der Waals surface area contributed by atoms with Gasteiger partial charge in [0.2, 0.25) is 0 Å². The van der Waals surface area contributed by atoms with Crippen LogP contribution in [0.2, 0.25) is 0 Å². The van der Waals surface area contributed by atoms with Crippen LogP contribution in [0.5, 0.6) is 5.75 Å². The highest BCUT2D eigenvalue weighted by Gasteiger charge is 2.43. The summed E-state index contributed by atoms with van der Waals surface area (Å²) in [7, 11) is -0.625. The number of aliphatic hydroxyl groups is 2. The Kier molecular flexibility index (Phi) is 9.26. The maximum absolute atomic E-state index is 12.4. The molecule has 1 aromatic carbocycles. The van der Waals surface area contributed by atoms with E-state index in [0.29, 0.717) is 5.75 Å². The number of ether oxygens (including phenoxy) is 2. The first-order valence-corrected chi connectivity index (χ1v) is 11.8. The van der Waals surface area contributed by atoms with Gasteiger partial charge in [0.25, 0.3) is 11.5 Å². The van der Waals surface area contributed by atoms with Crippen LogP contribution in [0.1, 0.15) is 17.4 Å². The number of esters is 1. The minimum atomic E-state index is -1.88. The first kappa shape index (κ1) is 26.7. The van der Waals surface area contributed by atoms with Gasteiger partial charge in [0, 0.05) is 12.4 Å². The fourth-order valence-corrected chi connectivity index (χ4v) is 4.46. The zero-order valence-electron chi connectivity index (χ0n) is 19.0. The van der Waals surface area contributed by atoms with Gasteiger partial charge < -0.3 is 39.0 Å². The van der Waals surface area contributed by atoms with Crippen molar-refractivity contribution in [3.05, 3.63) is 58.8 Å². The van der Waals surface area contributed by atoms with Gasteiger partial charge in [-0.3, -0.25) is 14.4 Å². The number of rotatable bonds is 11.